The maximum absolute atomic E-state index is 11.1. The summed E-state index contributed by atoms with van der Waals surface area (Å²) in [6.07, 6.45) is 3.83. The van der Waals surface area contributed by atoms with Gasteiger partial charge < -0.3 is 14.6 Å². The molecule has 132 valence electrons. The molecule has 3 rings (SSSR count). The van der Waals surface area contributed by atoms with Gasteiger partial charge in [-0.2, -0.15) is 0 Å². The van der Waals surface area contributed by atoms with Crippen LogP contribution in [0.2, 0.25) is 0 Å². The summed E-state index contributed by atoms with van der Waals surface area (Å²) in [5.74, 6) is 2.11. The summed E-state index contributed by atoms with van der Waals surface area (Å²) in [5.41, 5.74) is 1.15. The van der Waals surface area contributed by atoms with E-state index < -0.39 is 5.97 Å². The van der Waals surface area contributed by atoms with Crippen molar-refractivity contribution >= 4 is 5.97 Å². The second kappa shape index (κ2) is 7.43. The summed E-state index contributed by atoms with van der Waals surface area (Å²) in [4.78, 5) is 13.4. The lowest BCUT2D eigenvalue weighted by atomic mass is 9.77. The number of carbonyl (C=O) groups is 1. The normalized spacial score (nSPS) is 25.9. The fourth-order valence-corrected chi connectivity index (χ4v) is 3.94. The maximum atomic E-state index is 11.1. The number of carboxylic acid groups (broad SMARTS) is 1. The lowest BCUT2D eigenvalue weighted by molar-refractivity contribution is -0.137. The third kappa shape index (κ3) is 3.83. The number of ether oxygens (including phenoxy) is 2. The summed E-state index contributed by atoms with van der Waals surface area (Å²) in [6, 6.07) is 6.46. The Labute approximate surface area is 143 Å². The van der Waals surface area contributed by atoms with Crippen molar-refractivity contribution < 1.29 is 19.4 Å². The van der Waals surface area contributed by atoms with Crippen LogP contribution in [0.5, 0.6) is 11.5 Å². The van der Waals surface area contributed by atoms with Gasteiger partial charge in [-0.25, -0.2) is 0 Å². The Morgan fingerprint density at radius 1 is 1.25 bits per heavy atom. The molecule has 0 radical (unpaired) electrons. The monoisotopic (exact) mass is 333 g/mol. The molecule has 24 heavy (non-hydrogen) atoms. The van der Waals surface area contributed by atoms with Gasteiger partial charge in [0.25, 0.3) is 0 Å². The van der Waals surface area contributed by atoms with Gasteiger partial charge in [-0.3, -0.25) is 9.69 Å². The Bertz CT molecular complexity index is 589. The third-order valence-corrected chi connectivity index (χ3v) is 5.57. The van der Waals surface area contributed by atoms with Crippen LogP contribution in [-0.2, 0) is 11.3 Å². The topological polar surface area (TPSA) is 59.0 Å². The van der Waals surface area contributed by atoms with E-state index in [1.807, 2.05) is 12.1 Å². The lowest BCUT2D eigenvalue weighted by Gasteiger charge is -2.41. The average Bonchev–Trinajstić information content (AvgIpc) is 3.02. The SMILES string of the molecule is CC1CCCC(N(CCC(=O)O)Cc2ccc3c(c2)OCO3)C1C. The van der Waals surface area contributed by atoms with E-state index >= 15 is 0 Å². The molecule has 1 fully saturated rings. The van der Waals surface area contributed by atoms with E-state index in [0.717, 1.165) is 30.0 Å². The minimum Gasteiger partial charge on any atom is -0.481 e. The molecule has 0 spiro atoms. The standard InChI is InChI=1S/C19H27NO4/c1-13-4-3-5-16(14(13)2)20(9-8-19(21)22)11-15-6-7-17-18(10-15)24-12-23-17/h6-7,10,13-14,16H,3-5,8-9,11-12H2,1-2H3,(H,21,22). The molecule has 0 aromatic heterocycles. The highest BCUT2D eigenvalue weighted by Crippen LogP contribution is 2.36. The maximum Gasteiger partial charge on any atom is 0.304 e. The molecular weight excluding hydrogens is 306 g/mol. The number of hydrogen-bond donors (Lipinski definition) is 1. The number of fused-ring (bicyclic) bond motifs is 1. The Balaban J connectivity index is 1.75. The van der Waals surface area contributed by atoms with Crippen LogP contribution in [0.4, 0.5) is 0 Å². The van der Waals surface area contributed by atoms with Gasteiger partial charge in [0.2, 0.25) is 6.79 Å². The van der Waals surface area contributed by atoms with Crippen molar-refractivity contribution in [2.75, 3.05) is 13.3 Å². The molecule has 5 nitrogen and oxygen atoms in total. The summed E-state index contributed by atoms with van der Waals surface area (Å²) >= 11 is 0. The average molecular weight is 333 g/mol. The fraction of sp³-hybridized carbons (Fsp3) is 0.632. The molecule has 1 N–H and O–H groups in total. The summed E-state index contributed by atoms with van der Waals surface area (Å²) < 4.78 is 10.8. The Morgan fingerprint density at radius 3 is 2.83 bits per heavy atom. The van der Waals surface area contributed by atoms with E-state index in [9.17, 15) is 4.79 Å². The van der Waals surface area contributed by atoms with Crippen LogP contribution in [0.25, 0.3) is 0 Å². The van der Waals surface area contributed by atoms with Gasteiger partial charge in [-0.15, -0.1) is 0 Å². The number of rotatable bonds is 6. The van der Waals surface area contributed by atoms with Gasteiger partial charge in [0.15, 0.2) is 11.5 Å². The zero-order chi connectivity index (χ0) is 17.1. The predicted octanol–water partition coefficient (Wildman–Crippen LogP) is 3.52. The Kier molecular flexibility index (Phi) is 5.29. The van der Waals surface area contributed by atoms with Gasteiger partial charge >= 0.3 is 5.97 Å². The number of carboxylic acids is 1. The van der Waals surface area contributed by atoms with Crippen LogP contribution in [0, 0.1) is 11.8 Å². The predicted molar refractivity (Wildman–Crippen MR) is 91.2 cm³/mol. The number of hydrogen-bond acceptors (Lipinski definition) is 4. The van der Waals surface area contributed by atoms with Crippen LogP contribution in [0.3, 0.4) is 0 Å². The quantitative estimate of drug-likeness (QED) is 0.863. The zero-order valence-electron chi connectivity index (χ0n) is 14.5. The molecule has 3 unspecified atom stereocenters. The molecule has 1 aromatic carbocycles. The number of nitrogens with zero attached hydrogens (tertiary/aromatic N) is 1. The fourth-order valence-electron chi connectivity index (χ4n) is 3.94. The van der Waals surface area contributed by atoms with Crippen LogP contribution in [-0.4, -0.2) is 35.4 Å². The molecule has 0 bridgehead atoms. The molecule has 2 aliphatic rings. The van der Waals surface area contributed by atoms with E-state index in [4.69, 9.17) is 14.6 Å². The van der Waals surface area contributed by atoms with Crippen molar-refractivity contribution in [3.8, 4) is 11.5 Å². The van der Waals surface area contributed by atoms with E-state index in [2.05, 4.69) is 24.8 Å². The van der Waals surface area contributed by atoms with Crippen LogP contribution in [0.15, 0.2) is 18.2 Å². The molecule has 1 saturated carbocycles. The molecule has 1 heterocycles. The molecule has 0 amide bonds. The van der Waals surface area contributed by atoms with Crippen molar-refractivity contribution in [1.82, 2.24) is 4.90 Å². The van der Waals surface area contributed by atoms with Crippen LogP contribution < -0.4 is 9.47 Å². The zero-order valence-corrected chi connectivity index (χ0v) is 14.5. The molecule has 3 atom stereocenters. The van der Waals surface area contributed by atoms with Gasteiger partial charge in [0.1, 0.15) is 0 Å². The van der Waals surface area contributed by atoms with Gasteiger partial charge in [0.05, 0.1) is 6.42 Å². The first kappa shape index (κ1) is 17.1. The van der Waals surface area contributed by atoms with E-state index in [1.165, 1.54) is 12.8 Å². The van der Waals surface area contributed by atoms with Crippen molar-refractivity contribution in [2.24, 2.45) is 11.8 Å². The Morgan fingerprint density at radius 2 is 2.04 bits per heavy atom. The minimum absolute atomic E-state index is 0.183. The van der Waals surface area contributed by atoms with E-state index in [0.29, 0.717) is 24.4 Å². The number of aliphatic carboxylic acids is 1. The van der Waals surface area contributed by atoms with Crippen molar-refractivity contribution in [2.45, 2.75) is 52.1 Å². The van der Waals surface area contributed by atoms with Gasteiger partial charge in [-0.1, -0.05) is 32.8 Å². The summed E-state index contributed by atoms with van der Waals surface area (Å²) in [5, 5.41) is 9.11. The second-order valence-corrected chi connectivity index (χ2v) is 7.14. The highest BCUT2D eigenvalue weighted by molar-refractivity contribution is 5.66. The smallest absolute Gasteiger partial charge is 0.304 e. The summed E-state index contributed by atoms with van der Waals surface area (Å²) in [7, 11) is 0. The van der Waals surface area contributed by atoms with Crippen LogP contribution >= 0.6 is 0 Å². The van der Waals surface area contributed by atoms with Crippen molar-refractivity contribution in [1.29, 1.82) is 0 Å². The first-order valence-corrected chi connectivity index (χ1v) is 8.89. The van der Waals surface area contributed by atoms with E-state index in [-0.39, 0.29) is 13.2 Å². The molecule has 1 aliphatic heterocycles. The molecule has 1 aromatic rings. The van der Waals surface area contributed by atoms with Crippen molar-refractivity contribution in [3.05, 3.63) is 23.8 Å². The number of benzene rings is 1. The second-order valence-electron chi connectivity index (χ2n) is 7.14. The lowest BCUT2D eigenvalue weighted by Crippen LogP contribution is -2.44. The molecule has 0 saturated heterocycles. The Hall–Kier alpha value is -1.75. The van der Waals surface area contributed by atoms with Crippen LogP contribution in [0.1, 0.15) is 45.1 Å². The van der Waals surface area contributed by atoms with Gasteiger partial charge in [0, 0.05) is 19.1 Å². The van der Waals surface area contributed by atoms with Gasteiger partial charge in [-0.05, 0) is 36.0 Å². The first-order valence-electron chi connectivity index (χ1n) is 8.89. The largest absolute Gasteiger partial charge is 0.481 e. The molecule has 5 heteroatoms. The van der Waals surface area contributed by atoms with E-state index in [1.54, 1.807) is 0 Å². The summed E-state index contributed by atoms with van der Waals surface area (Å²) in [6.45, 7) is 6.24. The molecular formula is C19H27NO4. The highest BCUT2D eigenvalue weighted by Gasteiger charge is 2.31. The first-order chi connectivity index (χ1) is 11.5. The third-order valence-electron chi connectivity index (χ3n) is 5.57. The van der Waals surface area contributed by atoms with Crippen molar-refractivity contribution in [3.63, 3.8) is 0 Å². The minimum atomic E-state index is -0.734. The highest BCUT2D eigenvalue weighted by atomic mass is 16.7. The molecule has 1 aliphatic carbocycles.